The molecule has 0 spiro atoms. The van der Waals surface area contributed by atoms with Gasteiger partial charge in [-0.15, -0.1) is 0 Å². The van der Waals surface area contributed by atoms with E-state index in [4.69, 9.17) is 5.11 Å². The number of carbonyl (C=O) groups excluding carboxylic acids is 1. The molecule has 20 heavy (non-hydrogen) atoms. The minimum atomic E-state index is -0.866. The molecule has 0 aromatic heterocycles. The number of ketones is 1. The standard InChI is InChI=1S/C15H21NO3S/c17-13(11-12-5-2-1-3-6-12)7-4-9-16-14(8-10-20)15(18)19/h1-3,5-6,14,16,20H,4,7-11H2,(H,18,19)/t14-/m0/s1. The van der Waals surface area contributed by atoms with Crippen molar-refractivity contribution in [2.45, 2.75) is 31.7 Å². The third-order valence-electron chi connectivity index (χ3n) is 2.98. The number of carbonyl (C=O) groups is 2. The molecule has 0 fully saturated rings. The Morgan fingerprint density at radius 1 is 1.25 bits per heavy atom. The van der Waals surface area contributed by atoms with Crippen LogP contribution in [0.3, 0.4) is 0 Å². The quantitative estimate of drug-likeness (QED) is 0.456. The topological polar surface area (TPSA) is 66.4 Å². The zero-order valence-corrected chi connectivity index (χ0v) is 12.3. The van der Waals surface area contributed by atoms with E-state index >= 15 is 0 Å². The van der Waals surface area contributed by atoms with Crippen LogP contribution in [0.15, 0.2) is 30.3 Å². The van der Waals surface area contributed by atoms with E-state index in [1.165, 1.54) is 0 Å². The minimum absolute atomic E-state index is 0.180. The number of carboxylic acids is 1. The summed E-state index contributed by atoms with van der Waals surface area (Å²) in [7, 11) is 0. The van der Waals surface area contributed by atoms with E-state index in [1.807, 2.05) is 30.3 Å². The summed E-state index contributed by atoms with van der Waals surface area (Å²) >= 11 is 4.03. The molecule has 0 radical (unpaired) electrons. The maximum Gasteiger partial charge on any atom is 0.320 e. The SMILES string of the molecule is O=C(CCCN[C@@H](CCS)C(=O)O)Cc1ccccc1. The number of benzene rings is 1. The second kappa shape index (κ2) is 9.55. The molecule has 0 heterocycles. The summed E-state index contributed by atoms with van der Waals surface area (Å²) in [6, 6.07) is 9.05. The zero-order valence-electron chi connectivity index (χ0n) is 11.4. The van der Waals surface area contributed by atoms with Gasteiger partial charge in [-0.2, -0.15) is 12.6 Å². The largest absolute Gasteiger partial charge is 0.480 e. The van der Waals surface area contributed by atoms with Crippen LogP contribution in [0.5, 0.6) is 0 Å². The van der Waals surface area contributed by atoms with Gasteiger partial charge in [-0.25, -0.2) is 0 Å². The van der Waals surface area contributed by atoms with Gasteiger partial charge in [0, 0.05) is 12.8 Å². The van der Waals surface area contributed by atoms with Gasteiger partial charge in [-0.3, -0.25) is 9.59 Å². The summed E-state index contributed by atoms with van der Waals surface area (Å²) < 4.78 is 0. The number of rotatable bonds is 10. The smallest absolute Gasteiger partial charge is 0.320 e. The van der Waals surface area contributed by atoms with Crippen molar-refractivity contribution in [1.29, 1.82) is 0 Å². The lowest BCUT2D eigenvalue weighted by molar-refractivity contribution is -0.139. The molecule has 2 N–H and O–H groups in total. The van der Waals surface area contributed by atoms with E-state index in [0.717, 1.165) is 5.56 Å². The predicted molar refractivity (Wildman–Crippen MR) is 82.3 cm³/mol. The fourth-order valence-corrected chi connectivity index (χ4v) is 2.17. The van der Waals surface area contributed by atoms with Crippen LogP contribution in [0, 0.1) is 0 Å². The average molecular weight is 295 g/mol. The average Bonchev–Trinajstić information content (AvgIpc) is 2.43. The number of carboxylic acid groups (broad SMARTS) is 1. The third-order valence-corrected chi connectivity index (χ3v) is 3.24. The number of nitrogens with one attached hydrogen (secondary N) is 1. The Morgan fingerprint density at radius 3 is 2.55 bits per heavy atom. The van der Waals surface area contributed by atoms with Crippen molar-refractivity contribution in [3.05, 3.63) is 35.9 Å². The van der Waals surface area contributed by atoms with Gasteiger partial charge in [0.1, 0.15) is 11.8 Å². The zero-order chi connectivity index (χ0) is 14.8. The van der Waals surface area contributed by atoms with E-state index in [-0.39, 0.29) is 5.78 Å². The normalized spacial score (nSPS) is 12.1. The van der Waals surface area contributed by atoms with Crippen molar-refractivity contribution in [3.63, 3.8) is 0 Å². The fraction of sp³-hybridized carbons (Fsp3) is 0.467. The molecule has 0 aliphatic rings. The van der Waals surface area contributed by atoms with Gasteiger partial charge in [0.2, 0.25) is 0 Å². The lowest BCUT2D eigenvalue weighted by atomic mass is 10.1. The highest BCUT2D eigenvalue weighted by atomic mass is 32.1. The second-order valence-corrected chi connectivity index (χ2v) is 5.11. The first-order valence-corrected chi connectivity index (χ1v) is 7.39. The molecular formula is C15H21NO3S. The van der Waals surface area contributed by atoms with E-state index in [1.54, 1.807) is 0 Å². The molecule has 0 amide bonds. The van der Waals surface area contributed by atoms with Gasteiger partial charge < -0.3 is 10.4 Å². The molecule has 1 aromatic carbocycles. The lowest BCUT2D eigenvalue weighted by Crippen LogP contribution is -2.37. The molecular weight excluding hydrogens is 274 g/mol. The Labute approximate surface area is 125 Å². The van der Waals surface area contributed by atoms with Crippen LogP contribution in [0.1, 0.15) is 24.8 Å². The van der Waals surface area contributed by atoms with Crippen molar-refractivity contribution < 1.29 is 14.7 Å². The van der Waals surface area contributed by atoms with Crippen molar-refractivity contribution >= 4 is 24.4 Å². The fourth-order valence-electron chi connectivity index (χ4n) is 1.92. The van der Waals surface area contributed by atoms with E-state index in [0.29, 0.717) is 38.0 Å². The molecule has 0 aliphatic heterocycles. The Bertz CT molecular complexity index is 422. The third kappa shape index (κ3) is 6.73. The maximum absolute atomic E-state index is 11.8. The van der Waals surface area contributed by atoms with Gasteiger partial charge in [-0.1, -0.05) is 30.3 Å². The van der Waals surface area contributed by atoms with Gasteiger partial charge in [-0.05, 0) is 30.7 Å². The first-order valence-electron chi connectivity index (χ1n) is 6.76. The highest BCUT2D eigenvalue weighted by molar-refractivity contribution is 7.80. The summed E-state index contributed by atoms with van der Waals surface area (Å²) in [5.41, 5.74) is 1.02. The van der Waals surface area contributed by atoms with Crippen molar-refractivity contribution in [2.24, 2.45) is 0 Å². The monoisotopic (exact) mass is 295 g/mol. The molecule has 1 aromatic rings. The lowest BCUT2D eigenvalue weighted by Gasteiger charge is -2.12. The van der Waals surface area contributed by atoms with Crippen LogP contribution in [0.25, 0.3) is 0 Å². The number of hydrogen-bond donors (Lipinski definition) is 3. The first kappa shape index (κ1) is 16.7. The van der Waals surface area contributed by atoms with Gasteiger partial charge in [0.15, 0.2) is 0 Å². The minimum Gasteiger partial charge on any atom is -0.480 e. The number of thiol groups is 1. The molecule has 0 bridgehead atoms. The van der Waals surface area contributed by atoms with Gasteiger partial charge in [0.05, 0.1) is 0 Å². The van der Waals surface area contributed by atoms with Crippen LogP contribution in [0.2, 0.25) is 0 Å². The molecule has 1 atom stereocenters. The number of aliphatic carboxylic acids is 1. The predicted octanol–water partition coefficient (Wildman–Crippen LogP) is 1.94. The summed E-state index contributed by atoms with van der Waals surface area (Å²) in [5, 5.41) is 11.9. The van der Waals surface area contributed by atoms with Crippen molar-refractivity contribution in [1.82, 2.24) is 5.32 Å². The summed E-state index contributed by atoms with van der Waals surface area (Å²) in [5.74, 6) is -0.162. The van der Waals surface area contributed by atoms with Gasteiger partial charge in [0.25, 0.3) is 0 Å². The highest BCUT2D eigenvalue weighted by Crippen LogP contribution is 2.03. The van der Waals surface area contributed by atoms with E-state index in [9.17, 15) is 9.59 Å². The molecule has 0 aliphatic carbocycles. The Morgan fingerprint density at radius 2 is 1.95 bits per heavy atom. The summed E-state index contributed by atoms with van der Waals surface area (Å²) in [6.07, 6.45) is 2.05. The van der Waals surface area contributed by atoms with Crippen LogP contribution in [-0.4, -0.2) is 35.2 Å². The van der Waals surface area contributed by atoms with Crippen LogP contribution in [-0.2, 0) is 16.0 Å². The molecule has 0 saturated carbocycles. The molecule has 110 valence electrons. The molecule has 0 saturated heterocycles. The van der Waals surface area contributed by atoms with E-state index < -0.39 is 12.0 Å². The Kier molecular flexibility index (Phi) is 7.99. The van der Waals surface area contributed by atoms with Crippen LogP contribution < -0.4 is 5.32 Å². The van der Waals surface area contributed by atoms with Crippen LogP contribution in [0.4, 0.5) is 0 Å². The van der Waals surface area contributed by atoms with E-state index in [2.05, 4.69) is 17.9 Å². The second-order valence-electron chi connectivity index (χ2n) is 4.66. The van der Waals surface area contributed by atoms with Crippen LogP contribution >= 0.6 is 12.6 Å². The van der Waals surface area contributed by atoms with Crippen molar-refractivity contribution in [2.75, 3.05) is 12.3 Å². The Hall–Kier alpha value is -1.33. The maximum atomic E-state index is 11.8. The molecule has 4 nitrogen and oxygen atoms in total. The first-order chi connectivity index (χ1) is 9.63. The molecule has 1 rings (SSSR count). The summed E-state index contributed by atoms with van der Waals surface area (Å²) in [4.78, 5) is 22.7. The number of Topliss-reactive ketones (excluding diaryl/α,β-unsaturated/α-hetero) is 1. The van der Waals surface area contributed by atoms with Gasteiger partial charge >= 0.3 is 5.97 Å². The van der Waals surface area contributed by atoms with Crippen molar-refractivity contribution in [3.8, 4) is 0 Å². The number of hydrogen-bond acceptors (Lipinski definition) is 4. The molecule has 5 heteroatoms. The summed E-state index contributed by atoms with van der Waals surface area (Å²) in [6.45, 7) is 0.533. The molecule has 0 unspecified atom stereocenters. The highest BCUT2D eigenvalue weighted by Gasteiger charge is 2.15. The Balaban J connectivity index is 2.20.